The van der Waals surface area contributed by atoms with Crippen LogP contribution in [0.2, 0.25) is 0 Å². The molecular formula is C16H15N3O2. The average molecular weight is 281 g/mol. The first-order chi connectivity index (χ1) is 10.1. The molecule has 5 nitrogen and oxygen atoms in total. The summed E-state index contributed by atoms with van der Waals surface area (Å²) in [5.41, 5.74) is 6.36. The van der Waals surface area contributed by atoms with E-state index < -0.39 is 11.4 Å². The van der Waals surface area contributed by atoms with Gasteiger partial charge in [-0.05, 0) is 24.6 Å². The lowest BCUT2D eigenvalue weighted by molar-refractivity contribution is 0.0455. The van der Waals surface area contributed by atoms with Crippen molar-refractivity contribution in [3.8, 4) is 0 Å². The first kappa shape index (κ1) is 13.5. The summed E-state index contributed by atoms with van der Waals surface area (Å²) in [6.07, 6.45) is 1.51. The van der Waals surface area contributed by atoms with E-state index in [4.69, 9.17) is 5.73 Å². The number of rotatable bonds is 3. The summed E-state index contributed by atoms with van der Waals surface area (Å²) in [5, 5.41) is 0. The van der Waals surface area contributed by atoms with Gasteiger partial charge in [0.1, 0.15) is 5.69 Å². The Kier molecular flexibility index (Phi) is 3.07. The standard InChI is InChI=1S/C16H15N3O2/c1-16(10-17,11-6-3-2-4-7-11)19-14(20)12-8-5-9-18-13(12)15(19)21/h2-9H,10,17H2,1H3. The molecule has 0 saturated heterocycles. The van der Waals surface area contributed by atoms with Gasteiger partial charge >= 0.3 is 0 Å². The van der Waals surface area contributed by atoms with Gasteiger partial charge in [0.05, 0.1) is 11.1 Å². The Balaban J connectivity index is 2.12. The lowest BCUT2D eigenvalue weighted by Crippen LogP contribution is -2.52. The second kappa shape index (κ2) is 4.79. The molecule has 1 aromatic carbocycles. The van der Waals surface area contributed by atoms with Crippen LogP contribution in [0.3, 0.4) is 0 Å². The van der Waals surface area contributed by atoms with E-state index in [0.29, 0.717) is 5.56 Å². The van der Waals surface area contributed by atoms with E-state index in [9.17, 15) is 9.59 Å². The minimum absolute atomic E-state index is 0.141. The number of hydrogen-bond acceptors (Lipinski definition) is 4. The predicted octanol–water partition coefficient (Wildman–Crippen LogP) is 1.55. The van der Waals surface area contributed by atoms with Crippen LogP contribution in [0.4, 0.5) is 0 Å². The zero-order valence-corrected chi connectivity index (χ0v) is 11.6. The van der Waals surface area contributed by atoms with Crippen LogP contribution in [0.15, 0.2) is 48.7 Å². The molecule has 2 aromatic rings. The van der Waals surface area contributed by atoms with Crippen LogP contribution in [0, 0.1) is 0 Å². The highest BCUT2D eigenvalue weighted by Gasteiger charge is 2.47. The molecule has 0 spiro atoms. The van der Waals surface area contributed by atoms with E-state index in [1.165, 1.54) is 11.1 Å². The maximum absolute atomic E-state index is 12.6. The smallest absolute Gasteiger partial charge is 0.280 e. The van der Waals surface area contributed by atoms with Crippen LogP contribution in [0.5, 0.6) is 0 Å². The summed E-state index contributed by atoms with van der Waals surface area (Å²) in [6.45, 7) is 1.94. The predicted molar refractivity (Wildman–Crippen MR) is 77.6 cm³/mol. The molecule has 1 aliphatic heterocycles. The van der Waals surface area contributed by atoms with Gasteiger partial charge in [-0.25, -0.2) is 0 Å². The third-order valence-electron chi connectivity index (χ3n) is 3.93. The molecule has 0 bridgehead atoms. The highest BCUT2D eigenvalue weighted by Crippen LogP contribution is 2.34. The molecule has 2 N–H and O–H groups in total. The summed E-state index contributed by atoms with van der Waals surface area (Å²) < 4.78 is 0. The topological polar surface area (TPSA) is 76.3 Å². The fourth-order valence-electron chi connectivity index (χ4n) is 2.65. The van der Waals surface area contributed by atoms with Crippen LogP contribution in [-0.4, -0.2) is 28.2 Å². The third kappa shape index (κ3) is 1.86. The number of carbonyl (C=O) groups excluding carboxylic acids is 2. The SMILES string of the molecule is CC(CN)(c1ccccc1)N1C(=O)c2cccnc2C1=O. The number of nitrogens with zero attached hydrogens (tertiary/aromatic N) is 2. The average Bonchev–Trinajstić information content (AvgIpc) is 2.80. The molecule has 0 aliphatic carbocycles. The first-order valence-electron chi connectivity index (χ1n) is 6.69. The summed E-state index contributed by atoms with van der Waals surface area (Å²) in [7, 11) is 0. The van der Waals surface area contributed by atoms with E-state index in [0.717, 1.165) is 5.56 Å². The third-order valence-corrected chi connectivity index (χ3v) is 3.93. The molecule has 0 fully saturated rings. The van der Waals surface area contributed by atoms with E-state index >= 15 is 0 Å². The van der Waals surface area contributed by atoms with Gasteiger partial charge in [0.2, 0.25) is 0 Å². The number of aromatic nitrogens is 1. The van der Waals surface area contributed by atoms with Crippen molar-refractivity contribution in [2.24, 2.45) is 5.73 Å². The summed E-state index contributed by atoms with van der Waals surface area (Å²) in [4.78, 5) is 30.4. The van der Waals surface area contributed by atoms with Gasteiger partial charge in [-0.1, -0.05) is 30.3 Å². The molecule has 0 saturated carbocycles. The van der Waals surface area contributed by atoms with E-state index in [1.54, 1.807) is 19.1 Å². The van der Waals surface area contributed by atoms with Gasteiger partial charge in [0, 0.05) is 12.7 Å². The molecule has 2 heterocycles. The van der Waals surface area contributed by atoms with Crippen LogP contribution in [-0.2, 0) is 5.54 Å². The highest BCUT2D eigenvalue weighted by molar-refractivity contribution is 6.20. The van der Waals surface area contributed by atoms with E-state index in [2.05, 4.69) is 4.98 Å². The van der Waals surface area contributed by atoms with Gasteiger partial charge in [0.25, 0.3) is 11.8 Å². The number of pyridine rings is 1. The van der Waals surface area contributed by atoms with Gasteiger partial charge in [-0.15, -0.1) is 0 Å². The highest BCUT2D eigenvalue weighted by atomic mass is 16.2. The Morgan fingerprint density at radius 1 is 1.10 bits per heavy atom. The molecular weight excluding hydrogens is 266 g/mol. The summed E-state index contributed by atoms with van der Waals surface area (Å²) in [5.74, 6) is -0.743. The Morgan fingerprint density at radius 2 is 1.81 bits per heavy atom. The number of hydrogen-bond donors (Lipinski definition) is 1. The van der Waals surface area contributed by atoms with Crippen molar-refractivity contribution < 1.29 is 9.59 Å². The second-order valence-corrected chi connectivity index (χ2v) is 5.19. The number of nitrogens with two attached hydrogens (primary N) is 1. The van der Waals surface area contributed by atoms with Crippen LogP contribution in [0.25, 0.3) is 0 Å². The minimum Gasteiger partial charge on any atom is -0.328 e. The molecule has 106 valence electrons. The molecule has 1 aliphatic rings. The Labute approximate surface area is 122 Å². The molecule has 1 unspecified atom stereocenters. The lowest BCUT2D eigenvalue weighted by atomic mass is 9.90. The molecule has 5 heteroatoms. The fraction of sp³-hybridized carbons (Fsp3) is 0.188. The molecule has 21 heavy (non-hydrogen) atoms. The molecule has 1 atom stereocenters. The van der Waals surface area contributed by atoms with Gasteiger partial charge in [-0.3, -0.25) is 19.5 Å². The van der Waals surface area contributed by atoms with Crippen LogP contribution >= 0.6 is 0 Å². The van der Waals surface area contributed by atoms with Crippen molar-refractivity contribution in [2.75, 3.05) is 6.54 Å². The van der Waals surface area contributed by atoms with Crippen molar-refractivity contribution >= 4 is 11.8 Å². The van der Waals surface area contributed by atoms with Crippen molar-refractivity contribution in [3.63, 3.8) is 0 Å². The largest absolute Gasteiger partial charge is 0.328 e. The first-order valence-corrected chi connectivity index (χ1v) is 6.69. The zero-order chi connectivity index (χ0) is 15.0. The zero-order valence-electron chi connectivity index (χ0n) is 11.6. The normalized spacial score (nSPS) is 16.8. The van der Waals surface area contributed by atoms with Gasteiger partial charge in [0.15, 0.2) is 0 Å². The van der Waals surface area contributed by atoms with Crippen molar-refractivity contribution in [1.82, 2.24) is 9.88 Å². The number of carbonyl (C=O) groups is 2. The van der Waals surface area contributed by atoms with Crippen molar-refractivity contribution in [1.29, 1.82) is 0 Å². The Morgan fingerprint density at radius 3 is 2.43 bits per heavy atom. The quantitative estimate of drug-likeness (QED) is 0.866. The lowest BCUT2D eigenvalue weighted by Gasteiger charge is -2.36. The molecule has 1 aromatic heterocycles. The van der Waals surface area contributed by atoms with Gasteiger partial charge < -0.3 is 5.73 Å². The maximum Gasteiger partial charge on any atom is 0.280 e. The van der Waals surface area contributed by atoms with Crippen LogP contribution in [0.1, 0.15) is 33.3 Å². The molecule has 3 rings (SSSR count). The van der Waals surface area contributed by atoms with Gasteiger partial charge in [-0.2, -0.15) is 0 Å². The van der Waals surface area contributed by atoms with Crippen LogP contribution < -0.4 is 5.73 Å². The maximum atomic E-state index is 12.6. The monoisotopic (exact) mass is 281 g/mol. The number of imide groups is 1. The van der Waals surface area contributed by atoms with Crippen molar-refractivity contribution in [2.45, 2.75) is 12.5 Å². The fourth-order valence-corrected chi connectivity index (χ4v) is 2.65. The Hall–Kier alpha value is -2.53. The number of fused-ring (bicyclic) bond motifs is 1. The van der Waals surface area contributed by atoms with Crippen molar-refractivity contribution in [3.05, 3.63) is 65.5 Å². The van der Waals surface area contributed by atoms with E-state index in [1.807, 2.05) is 30.3 Å². The number of benzene rings is 1. The molecule has 0 radical (unpaired) electrons. The minimum atomic E-state index is -0.893. The second-order valence-electron chi connectivity index (χ2n) is 5.19. The summed E-state index contributed by atoms with van der Waals surface area (Å²) >= 11 is 0. The Bertz CT molecular complexity index is 679. The van der Waals surface area contributed by atoms with E-state index in [-0.39, 0.29) is 18.1 Å². The molecule has 2 amide bonds. The number of amides is 2. The summed E-state index contributed by atoms with van der Waals surface area (Å²) in [6, 6.07) is 12.6.